The van der Waals surface area contributed by atoms with Gasteiger partial charge >= 0.3 is 23.1 Å². The summed E-state index contributed by atoms with van der Waals surface area (Å²) in [5.41, 5.74) is 0. The quantitative estimate of drug-likeness (QED) is 0.437. The van der Waals surface area contributed by atoms with Crippen LogP contribution in [-0.2, 0) is 36.5 Å². The van der Waals surface area contributed by atoms with E-state index in [1.807, 2.05) is 0 Å². The van der Waals surface area contributed by atoms with Gasteiger partial charge in [-0.15, -0.1) is 0 Å². The second-order valence-corrected chi connectivity index (χ2v) is 0. The van der Waals surface area contributed by atoms with Crippen LogP contribution in [0.3, 0.4) is 0 Å². The molecule has 0 rings (SSSR count). The van der Waals surface area contributed by atoms with Crippen LogP contribution in [0.15, 0.2) is 0 Å². The van der Waals surface area contributed by atoms with Crippen LogP contribution in [0, 0.1) is 0 Å². The molecular weight excluding hydrogens is 169 g/mol. The van der Waals surface area contributed by atoms with E-state index in [0.29, 0.717) is 0 Å². The van der Waals surface area contributed by atoms with Crippen LogP contribution in [0.2, 0.25) is 0 Å². The minimum absolute atomic E-state index is 0. The molecule has 0 aliphatic heterocycles. The largest absolute Gasteiger partial charge is 0.870 e. The van der Waals surface area contributed by atoms with Gasteiger partial charge < -0.3 is 5.48 Å². The van der Waals surface area contributed by atoms with Gasteiger partial charge in [-0.2, -0.15) is 0 Å². The van der Waals surface area contributed by atoms with Gasteiger partial charge in [0.15, 0.2) is 0 Å². The Hall–Kier alpha value is 1.87. The number of hydrogen-bond donors (Lipinski definition) is 0. The fourth-order valence-corrected chi connectivity index (χ4v) is 0. The molecule has 1 radical (unpaired) electrons. The van der Waals surface area contributed by atoms with E-state index in [1.165, 1.54) is 0 Å². The van der Waals surface area contributed by atoms with E-state index in [4.69, 9.17) is 0 Å². The Morgan fingerprint density at radius 2 is 1.00 bits per heavy atom. The summed E-state index contributed by atoms with van der Waals surface area (Å²) in [4.78, 5) is 0. The molecule has 0 fully saturated rings. The van der Waals surface area contributed by atoms with Crippen molar-refractivity contribution in [2.45, 2.75) is 0 Å². The van der Waals surface area contributed by atoms with E-state index in [-0.39, 0.29) is 65.1 Å². The van der Waals surface area contributed by atoms with E-state index >= 15 is 0 Å². The molecule has 0 aliphatic rings. The summed E-state index contributed by atoms with van der Waals surface area (Å²) in [6.07, 6.45) is 0. The third-order valence-corrected chi connectivity index (χ3v) is 0. The van der Waals surface area contributed by atoms with E-state index in [1.54, 1.807) is 0 Å². The summed E-state index contributed by atoms with van der Waals surface area (Å²) < 4.78 is 0. The molecule has 0 unspecified atom stereocenters. The Kier molecular flexibility index (Phi) is 208. The van der Waals surface area contributed by atoms with Gasteiger partial charge in [0.2, 0.25) is 0 Å². The normalized spacial score (nSPS) is 0. The molecule has 0 aliphatic carbocycles. The van der Waals surface area contributed by atoms with Crippen molar-refractivity contribution < 1.29 is 42.0 Å². The summed E-state index contributed by atoms with van der Waals surface area (Å²) in [6.45, 7) is 0. The van der Waals surface area contributed by atoms with Crippen LogP contribution in [0.4, 0.5) is 0 Å². The van der Waals surface area contributed by atoms with Gasteiger partial charge in [-0.25, -0.2) is 0 Å². The van der Waals surface area contributed by atoms with Gasteiger partial charge in [0.25, 0.3) is 0 Å². The fourth-order valence-electron chi connectivity index (χ4n) is 0. The number of rotatable bonds is 0. The smallest absolute Gasteiger partial charge is 0 e. The monoisotopic (exact) mass is 169 g/mol. The molecule has 0 bridgehead atoms. The zero-order valence-electron chi connectivity index (χ0n) is 2.46. The maximum atomic E-state index is 0. The third-order valence-electron chi connectivity index (χ3n) is 0. The first-order valence-electron chi connectivity index (χ1n) is 0. The maximum absolute atomic E-state index is 0. The Morgan fingerprint density at radius 3 is 1.00 bits per heavy atom. The van der Waals surface area contributed by atoms with Crippen LogP contribution in [0.1, 0.15) is 0 Å². The van der Waals surface area contributed by atoms with Crippen molar-refractivity contribution in [1.29, 1.82) is 0 Å². The number of hydrogen-bond acceptors (Lipinski definition) is 1. The van der Waals surface area contributed by atoms with Crippen LogP contribution in [0.25, 0.3) is 0 Å². The van der Waals surface area contributed by atoms with Crippen molar-refractivity contribution in [3.05, 3.63) is 0 Å². The molecule has 0 amide bonds. The van der Waals surface area contributed by atoms with Crippen LogP contribution in [-0.4, -0.2) is 28.5 Å². The molecule has 0 aromatic heterocycles. The molecule has 0 aromatic carbocycles. The predicted molar refractivity (Wildman–Crippen MR) is 9.08 cm³/mol. The van der Waals surface area contributed by atoms with Gasteiger partial charge in [-0.3, -0.25) is 0 Å². The van der Waals surface area contributed by atoms with Gasteiger partial charge in [0, 0.05) is 36.5 Å². The molecule has 0 atom stereocenters. The molecule has 4 heteroatoms. The zero-order valence-corrected chi connectivity index (χ0v) is 8.36. The second kappa shape index (κ2) is 20.9. The summed E-state index contributed by atoms with van der Waals surface area (Å²) in [5.74, 6) is 0. The zero-order chi connectivity index (χ0) is 0. The topological polar surface area (TPSA) is 30.0 Å². The van der Waals surface area contributed by atoms with E-state index < -0.39 is 0 Å². The van der Waals surface area contributed by atoms with Crippen molar-refractivity contribution >= 4 is 23.1 Å². The summed E-state index contributed by atoms with van der Waals surface area (Å²) >= 11 is 0. The SMILES string of the molecule is [Cu].[MgH+].[OH-].[Zn]. The van der Waals surface area contributed by atoms with Gasteiger partial charge in [0.05, 0.1) is 0 Å². The molecule has 23 valence electrons. The summed E-state index contributed by atoms with van der Waals surface area (Å²) in [6, 6.07) is 0. The second-order valence-electron chi connectivity index (χ2n) is 0. The van der Waals surface area contributed by atoms with Crippen molar-refractivity contribution in [1.82, 2.24) is 0 Å². The van der Waals surface area contributed by atoms with Crippen molar-refractivity contribution in [3.8, 4) is 0 Å². The Labute approximate surface area is 64.6 Å². The van der Waals surface area contributed by atoms with Crippen molar-refractivity contribution in [2.24, 2.45) is 0 Å². The maximum Gasteiger partial charge on any atom is 0 e. The third kappa shape index (κ3) is 9.12. The fraction of sp³-hybridized carbons (Fsp3) is 0. The average Bonchev–Trinajstić information content (AvgIpc) is 0. The van der Waals surface area contributed by atoms with Gasteiger partial charge in [0.1, 0.15) is 0 Å². The first-order chi connectivity index (χ1) is 0. The van der Waals surface area contributed by atoms with Gasteiger partial charge in [-0.05, 0) is 0 Å². The Bertz CT molecular complexity index is 8.00. The van der Waals surface area contributed by atoms with Crippen LogP contribution < -0.4 is 0 Å². The summed E-state index contributed by atoms with van der Waals surface area (Å²) in [5, 5.41) is 0. The van der Waals surface area contributed by atoms with Crippen molar-refractivity contribution in [2.75, 3.05) is 0 Å². The van der Waals surface area contributed by atoms with E-state index in [9.17, 15) is 0 Å². The molecular formula is H2CuMgOZn. The van der Waals surface area contributed by atoms with Crippen LogP contribution in [0.5, 0.6) is 0 Å². The molecule has 0 saturated carbocycles. The molecule has 0 aromatic rings. The molecule has 4 heavy (non-hydrogen) atoms. The molecule has 0 saturated heterocycles. The van der Waals surface area contributed by atoms with Crippen molar-refractivity contribution in [3.63, 3.8) is 0 Å². The molecule has 1 N–H and O–H groups in total. The van der Waals surface area contributed by atoms with Crippen LogP contribution >= 0.6 is 0 Å². The van der Waals surface area contributed by atoms with E-state index in [0.717, 1.165) is 0 Å². The predicted octanol–water partition coefficient (Wildman–Crippen LogP) is -0.830. The molecule has 0 spiro atoms. The summed E-state index contributed by atoms with van der Waals surface area (Å²) in [7, 11) is 0. The first kappa shape index (κ1) is 39.8. The molecule has 1 nitrogen and oxygen atoms in total. The standard InChI is InChI=1S/Cu.Mg.H2O.Zn.H/h;;1H2;;/q;+1;;;/p-1. The Morgan fingerprint density at radius 1 is 1.00 bits per heavy atom. The van der Waals surface area contributed by atoms with E-state index in [2.05, 4.69) is 0 Å². The molecule has 0 heterocycles. The average molecular weight is 171 g/mol. The first-order valence-corrected chi connectivity index (χ1v) is 0. The minimum atomic E-state index is 0. The minimum Gasteiger partial charge on any atom is -0.870 e. The van der Waals surface area contributed by atoms with Gasteiger partial charge in [-0.1, -0.05) is 0 Å². The Balaban J connectivity index is 0.